The highest BCUT2D eigenvalue weighted by atomic mass is 32.2. The molecular weight excluding hydrogens is 789 g/mol. The summed E-state index contributed by atoms with van der Waals surface area (Å²) in [6, 6.07) is 0. The first-order chi connectivity index (χ1) is 29.0. The van der Waals surface area contributed by atoms with Crippen LogP contribution in [0.2, 0.25) is 0 Å². The van der Waals surface area contributed by atoms with Gasteiger partial charge in [0.1, 0.15) is 36.8 Å². The van der Waals surface area contributed by atoms with Crippen LogP contribution in [0.5, 0.6) is 0 Å². The maximum absolute atomic E-state index is 12.8. The molecule has 0 aromatic carbocycles. The van der Waals surface area contributed by atoms with Crippen LogP contribution < -0.4 is 0 Å². The van der Waals surface area contributed by atoms with Crippen LogP contribution >= 0.6 is 0 Å². The first-order valence-corrected chi connectivity index (χ1v) is 24.1. The number of esters is 2. The van der Waals surface area contributed by atoms with E-state index in [0.717, 1.165) is 77.0 Å². The zero-order valence-electron chi connectivity index (χ0n) is 36.5. The number of aliphatic hydroxyl groups is 3. The molecule has 0 saturated carbocycles. The molecule has 344 valence electrons. The summed E-state index contributed by atoms with van der Waals surface area (Å²) in [4.78, 5) is 25.4. The minimum atomic E-state index is -4.61. The van der Waals surface area contributed by atoms with E-state index in [9.17, 15) is 37.9 Å². The monoisotopic (exact) mass is 867 g/mol. The van der Waals surface area contributed by atoms with Gasteiger partial charge < -0.3 is 34.3 Å². The third-order valence-electron chi connectivity index (χ3n) is 9.77. The van der Waals surface area contributed by atoms with Gasteiger partial charge >= 0.3 is 11.9 Å². The molecule has 6 unspecified atom stereocenters. The number of allylic oxidation sites excluding steroid dienone is 12. The molecule has 60 heavy (non-hydrogen) atoms. The van der Waals surface area contributed by atoms with E-state index in [4.69, 9.17) is 18.9 Å². The smallest absolute Gasteiger partial charge is 0.306 e. The molecular formula is C47H78O12S. The first kappa shape index (κ1) is 55.1. The molecule has 0 radical (unpaired) electrons. The largest absolute Gasteiger partial charge is 0.462 e. The van der Waals surface area contributed by atoms with E-state index < -0.39 is 71.2 Å². The fourth-order valence-electron chi connectivity index (χ4n) is 6.28. The predicted octanol–water partition coefficient (Wildman–Crippen LogP) is 9.11. The molecule has 0 aromatic rings. The fraction of sp³-hybridized carbons (Fsp3) is 0.702. The SMILES string of the molecule is CC/C=C\C/C=C\C/C=C\C/C=C\CCCCC(=O)OC(COC(=O)CCCCCCCCC/C=C\C/C=C\CCCCC)COC1OC(CS(=O)(=O)O)C(O)C(O)C1O. The number of rotatable bonds is 36. The summed E-state index contributed by atoms with van der Waals surface area (Å²) in [6.45, 7) is 3.56. The van der Waals surface area contributed by atoms with E-state index in [-0.39, 0.29) is 19.4 Å². The summed E-state index contributed by atoms with van der Waals surface area (Å²) in [5, 5.41) is 30.9. The van der Waals surface area contributed by atoms with Gasteiger partial charge in [-0.25, -0.2) is 0 Å². The molecule has 0 amide bonds. The number of ether oxygens (including phenoxy) is 4. The van der Waals surface area contributed by atoms with Crippen molar-refractivity contribution in [3.63, 3.8) is 0 Å². The van der Waals surface area contributed by atoms with Crippen molar-refractivity contribution >= 4 is 22.1 Å². The van der Waals surface area contributed by atoms with Crippen LogP contribution in [-0.2, 0) is 38.7 Å². The summed E-state index contributed by atoms with van der Waals surface area (Å²) >= 11 is 0. The number of carbonyl (C=O) groups excluding carboxylic acids is 2. The Labute approximate surface area is 361 Å². The van der Waals surface area contributed by atoms with Crippen molar-refractivity contribution in [2.75, 3.05) is 19.0 Å². The quantitative estimate of drug-likeness (QED) is 0.0203. The van der Waals surface area contributed by atoms with Crippen LogP contribution in [0.15, 0.2) is 72.9 Å². The molecule has 0 aromatic heterocycles. The van der Waals surface area contributed by atoms with Gasteiger partial charge in [-0.3, -0.25) is 14.1 Å². The van der Waals surface area contributed by atoms with E-state index >= 15 is 0 Å². The van der Waals surface area contributed by atoms with Crippen molar-refractivity contribution in [3.8, 4) is 0 Å². The van der Waals surface area contributed by atoms with Gasteiger partial charge in [-0.05, 0) is 83.5 Å². The molecule has 1 saturated heterocycles. The van der Waals surface area contributed by atoms with Crippen LogP contribution in [0, 0.1) is 0 Å². The van der Waals surface area contributed by atoms with Gasteiger partial charge in [0.25, 0.3) is 10.1 Å². The maximum atomic E-state index is 12.8. The Morgan fingerprint density at radius 3 is 1.60 bits per heavy atom. The Hall–Kier alpha value is -2.91. The van der Waals surface area contributed by atoms with Crippen molar-refractivity contribution in [1.82, 2.24) is 0 Å². The zero-order valence-corrected chi connectivity index (χ0v) is 37.3. The molecule has 1 rings (SSSR count). The Balaban J connectivity index is 2.49. The second kappa shape index (κ2) is 36.7. The van der Waals surface area contributed by atoms with Gasteiger partial charge in [0, 0.05) is 12.8 Å². The lowest BCUT2D eigenvalue weighted by Gasteiger charge is -2.40. The molecule has 1 fully saturated rings. The summed E-state index contributed by atoms with van der Waals surface area (Å²) in [5.41, 5.74) is 0. The number of unbranched alkanes of at least 4 members (excludes halogenated alkanes) is 12. The maximum Gasteiger partial charge on any atom is 0.306 e. The van der Waals surface area contributed by atoms with Crippen LogP contribution in [0.4, 0.5) is 0 Å². The standard InChI is InChI=1S/C47H78O12S/c1-3-5-7-9-11-13-15-17-19-20-22-23-25-27-29-31-33-35-42(48)56-37-40(38-57-47-46(52)45(51)44(50)41(59-47)39-60(53,54)55)58-43(49)36-34-32-30-28-26-24-21-18-16-14-12-10-8-6-4-2/h6,8,11-14,17-19,21,26,28,40-41,44-47,50-52H,3-5,7,9-10,15-16,20,22-25,27,29-39H2,1-2H3,(H,53,54,55)/b8-6-,13-11-,14-12-,19-17-,21-18-,28-26-. The molecule has 0 aliphatic carbocycles. The highest BCUT2D eigenvalue weighted by Gasteiger charge is 2.46. The van der Waals surface area contributed by atoms with Crippen LogP contribution in [0.25, 0.3) is 0 Å². The summed E-state index contributed by atoms with van der Waals surface area (Å²) in [6.07, 6.45) is 36.6. The highest BCUT2D eigenvalue weighted by Crippen LogP contribution is 2.24. The van der Waals surface area contributed by atoms with Gasteiger partial charge in [-0.1, -0.05) is 132 Å². The van der Waals surface area contributed by atoms with Crippen molar-refractivity contribution in [3.05, 3.63) is 72.9 Å². The molecule has 13 heteroatoms. The van der Waals surface area contributed by atoms with Gasteiger partial charge in [0.2, 0.25) is 0 Å². The Kier molecular flexibility index (Phi) is 33.7. The van der Waals surface area contributed by atoms with Gasteiger partial charge in [0.05, 0.1) is 6.61 Å². The Morgan fingerprint density at radius 2 is 1.05 bits per heavy atom. The van der Waals surface area contributed by atoms with Crippen molar-refractivity contribution in [2.24, 2.45) is 0 Å². The van der Waals surface area contributed by atoms with E-state index in [1.54, 1.807) is 0 Å². The van der Waals surface area contributed by atoms with Crippen molar-refractivity contribution in [1.29, 1.82) is 0 Å². The lowest BCUT2D eigenvalue weighted by molar-refractivity contribution is -0.297. The van der Waals surface area contributed by atoms with Crippen LogP contribution in [0.1, 0.15) is 155 Å². The number of aliphatic hydroxyl groups excluding tert-OH is 3. The lowest BCUT2D eigenvalue weighted by atomic mass is 10.00. The van der Waals surface area contributed by atoms with Gasteiger partial charge in [0.15, 0.2) is 12.4 Å². The van der Waals surface area contributed by atoms with Gasteiger partial charge in [-0.2, -0.15) is 8.42 Å². The fourth-order valence-corrected chi connectivity index (χ4v) is 6.98. The van der Waals surface area contributed by atoms with Gasteiger partial charge in [-0.15, -0.1) is 0 Å². The second-order valence-corrected chi connectivity index (χ2v) is 16.8. The third kappa shape index (κ3) is 31.0. The molecule has 1 aliphatic heterocycles. The third-order valence-corrected chi connectivity index (χ3v) is 10.5. The summed E-state index contributed by atoms with van der Waals surface area (Å²) < 4.78 is 54.0. The topological polar surface area (TPSA) is 186 Å². The van der Waals surface area contributed by atoms with Crippen molar-refractivity contribution in [2.45, 2.75) is 192 Å². The number of carbonyl (C=O) groups is 2. The summed E-state index contributed by atoms with van der Waals surface area (Å²) in [5.74, 6) is -2.06. The van der Waals surface area contributed by atoms with Crippen LogP contribution in [0.3, 0.4) is 0 Å². The Morgan fingerprint density at radius 1 is 0.583 bits per heavy atom. The molecule has 1 aliphatic rings. The van der Waals surface area contributed by atoms with E-state index in [0.29, 0.717) is 12.8 Å². The normalized spacial score (nSPS) is 20.8. The minimum Gasteiger partial charge on any atom is -0.462 e. The summed E-state index contributed by atoms with van der Waals surface area (Å²) in [7, 11) is -4.61. The van der Waals surface area contributed by atoms with Crippen LogP contribution in [-0.4, -0.2) is 96.0 Å². The highest BCUT2D eigenvalue weighted by molar-refractivity contribution is 7.85. The molecule has 6 atom stereocenters. The average Bonchev–Trinajstić information content (AvgIpc) is 3.21. The molecule has 4 N–H and O–H groups in total. The van der Waals surface area contributed by atoms with E-state index in [1.165, 1.54) is 38.5 Å². The first-order valence-electron chi connectivity index (χ1n) is 22.5. The minimum absolute atomic E-state index is 0.107. The lowest BCUT2D eigenvalue weighted by Crippen LogP contribution is -2.60. The van der Waals surface area contributed by atoms with E-state index in [2.05, 4.69) is 86.8 Å². The second-order valence-electron chi connectivity index (χ2n) is 15.3. The Bertz CT molecular complexity index is 1390. The molecule has 12 nitrogen and oxygen atoms in total. The average molecular weight is 867 g/mol. The molecule has 0 bridgehead atoms. The van der Waals surface area contributed by atoms with Crippen molar-refractivity contribution < 1.29 is 56.8 Å². The predicted molar refractivity (Wildman–Crippen MR) is 238 cm³/mol. The number of hydrogen-bond acceptors (Lipinski definition) is 11. The molecule has 1 heterocycles. The zero-order chi connectivity index (χ0) is 44.1. The molecule has 0 spiro atoms. The number of hydrogen-bond donors (Lipinski definition) is 4. The van der Waals surface area contributed by atoms with E-state index in [1.807, 2.05) is 0 Å².